The fourth-order valence-corrected chi connectivity index (χ4v) is 2.69. The molecule has 9 nitrogen and oxygen atoms in total. The largest absolute Gasteiger partial charge is 0.336 e. The van der Waals surface area contributed by atoms with Crippen molar-refractivity contribution in [1.82, 2.24) is 29.9 Å². The highest BCUT2D eigenvalue weighted by molar-refractivity contribution is 5.77. The molecule has 1 N–H and O–H groups in total. The van der Waals surface area contributed by atoms with Gasteiger partial charge in [0.25, 0.3) is 5.56 Å². The van der Waals surface area contributed by atoms with Gasteiger partial charge in [0.2, 0.25) is 5.91 Å². The van der Waals surface area contributed by atoms with Crippen LogP contribution in [0.1, 0.15) is 25.7 Å². The number of nitrogens with zero attached hydrogens (tertiary/aromatic N) is 6. The fourth-order valence-electron chi connectivity index (χ4n) is 2.69. The predicted octanol–water partition coefficient (Wildman–Crippen LogP) is -0.223. The van der Waals surface area contributed by atoms with Gasteiger partial charge in [-0.3, -0.25) is 9.59 Å². The maximum Gasteiger partial charge on any atom is 0.267 e. The lowest BCUT2D eigenvalue weighted by Crippen LogP contribution is -2.47. The Kier molecular flexibility index (Phi) is 3.89. The van der Waals surface area contributed by atoms with E-state index in [1.807, 2.05) is 0 Å². The van der Waals surface area contributed by atoms with Crippen molar-refractivity contribution in [3.63, 3.8) is 0 Å². The third kappa shape index (κ3) is 3.11. The van der Waals surface area contributed by atoms with Crippen molar-refractivity contribution in [2.45, 2.75) is 37.8 Å². The average molecular weight is 313 g/mol. The van der Waals surface area contributed by atoms with Crippen LogP contribution in [0.3, 0.4) is 0 Å². The molecule has 3 rings (SSSR count). The molecule has 1 fully saturated rings. The van der Waals surface area contributed by atoms with Crippen molar-refractivity contribution in [1.29, 1.82) is 5.26 Å². The Morgan fingerprint density at radius 1 is 1.39 bits per heavy atom. The highest BCUT2D eigenvalue weighted by Gasteiger charge is 2.35. The van der Waals surface area contributed by atoms with Crippen molar-refractivity contribution in [2.24, 2.45) is 0 Å². The van der Waals surface area contributed by atoms with Gasteiger partial charge in [0.1, 0.15) is 24.7 Å². The molecule has 2 aromatic rings. The molecule has 2 heterocycles. The number of rotatable bonds is 4. The second kappa shape index (κ2) is 6.00. The molecule has 1 aliphatic rings. The van der Waals surface area contributed by atoms with Gasteiger partial charge >= 0.3 is 0 Å². The van der Waals surface area contributed by atoms with Crippen LogP contribution in [0.4, 0.5) is 0 Å². The molecule has 0 spiro atoms. The summed E-state index contributed by atoms with van der Waals surface area (Å²) in [5.74, 6) is -0.0236. The number of nitriles is 1. The van der Waals surface area contributed by atoms with Gasteiger partial charge in [0, 0.05) is 6.07 Å². The van der Waals surface area contributed by atoms with Gasteiger partial charge in [-0.25, -0.2) is 14.3 Å². The summed E-state index contributed by atoms with van der Waals surface area (Å²) in [5, 5.41) is 20.1. The first kappa shape index (κ1) is 14.9. The van der Waals surface area contributed by atoms with Gasteiger partial charge in [-0.2, -0.15) is 10.4 Å². The number of hydrogen-bond acceptors (Lipinski definition) is 6. The molecule has 0 saturated heterocycles. The number of nitrogens with one attached hydrogen (secondary N) is 1. The smallest absolute Gasteiger partial charge is 0.267 e. The van der Waals surface area contributed by atoms with Gasteiger partial charge in [-0.15, -0.1) is 5.10 Å². The predicted molar refractivity (Wildman–Crippen MR) is 78.4 cm³/mol. The normalized spacial score (nSPS) is 16.0. The van der Waals surface area contributed by atoms with Crippen molar-refractivity contribution in [3.8, 4) is 11.9 Å². The first-order valence-electron chi connectivity index (χ1n) is 7.27. The topological polar surface area (TPSA) is 118 Å². The van der Waals surface area contributed by atoms with Crippen molar-refractivity contribution in [2.75, 3.05) is 0 Å². The van der Waals surface area contributed by atoms with E-state index in [1.54, 1.807) is 0 Å². The summed E-state index contributed by atoms with van der Waals surface area (Å²) < 4.78 is 2.44. The van der Waals surface area contributed by atoms with Crippen LogP contribution in [-0.4, -0.2) is 36.0 Å². The lowest BCUT2D eigenvalue weighted by molar-refractivity contribution is -0.123. The number of hydrogen-bond donors (Lipinski definition) is 1. The maximum absolute atomic E-state index is 12.2. The number of amides is 1. The Labute approximate surface area is 131 Å². The number of carbonyl (C=O) groups is 1. The Balaban J connectivity index is 1.77. The first-order chi connectivity index (χ1) is 11.1. The molecule has 1 aliphatic carbocycles. The zero-order valence-corrected chi connectivity index (χ0v) is 12.3. The quantitative estimate of drug-likeness (QED) is 0.833. The van der Waals surface area contributed by atoms with E-state index in [0.29, 0.717) is 18.7 Å². The van der Waals surface area contributed by atoms with Crippen LogP contribution in [0.2, 0.25) is 0 Å². The van der Waals surface area contributed by atoms with Crippen molar-refractivity contribution in [3.05, 3.63) is 35.1 Å². The van der Waals surface area contributed by atoms with Crippen LogP contribution < -0.4 is 10.9 Å². The van der Waals surface area contributed by atoms with E-state index < -0.39 is 17.0 Å². The minimum Gasteiger partial charge on any atom is -0.336 e. The molecule has 0 aliphatic heterocycles. The lowest BCUT2D eigenvalue weighted by Gasteiger charge is -2.22. The van der Waals surface area contributed by atoms with Gasteiger partial charge < -0.3 is 5.32 Å². The monoisotopic (exact) mass is 313 g/mol. The van der Waals surface area contributed by atoms with E-state index in [1.165, 1.54) is 29.5 Å². The van der Waals surface area contributed by atoms with Crippen molar-refractivity contribution < 1.29 is 4.79 Å². The van der Waals surface area contributed by atoms with E-state index >= 15 is 0 Å². The second-order valence-electron chi connectivity index (χ2n) is 5.48. The van der Waals surface area contributed by atoms with E-state index in [2.05, 4.69) is 26.6 Å². The van der Waals surface area contributed by atoms with Crippen LogP contribution in [-0.2, 0) is 11.3 Å². The first-order valence-corrected chi connectivity index (χ1v) is 7.27. The lowest BCUT2D eigenvalue weighted by atomic mass is 10.00. The van der Waals surface area contributed by atoms with Gasteiger partial charge in [-0.05, 0) is 31.7 Å². The molecule has 0 bridgehead atoms. The van der Waals surface area contributed by atoms with E-state index in [-0.39, 0.29) is 6.54 Å². The van der Waals surface area contributed by atoms with Gasteiger partial charge in [-0.1, -0.05) is 0 Å². The molecule has 0 atom stereocenters. The summed E-state index contributed by atoms with van der Waals surface area (Å²) in [6.07, 6.45) is 5.88. The fraction of sp³-hybridized carbons (Fsp3) is 0.429. The van der Waals surface area contributed by atoms with Crippen molar-refractivity contribution >= 4 is 5.91 Å². The number of aromatic nitrogens is 5. The minimum atomic E-state index is -0.815. The zero-order chi connectivity index (χ0) is 16.3. The van der Waals surface area contributed by atoms with E-state index in [0.717, 1.165) is 17.5 Å². The van der Waals surface area contributed by atoms with Crippen LogP contribution in [0, 0.1) is 11.3 Å². The summed E-state index contributed by atoms with van der Waals surface area (Å²) in [4.78, 5) is 27.9. The molecule has 0 unspecified atom stereocenters. The van der Waals surface area contributed by atoms with Crippen LogP contribution >= 0.6 is 0 Å². The van der Waals surface area contributed by atoms with E-state index in [4.69, 9.17) is 0 Å². The summed E-state index contributed by atoms with van der Waals surface area (Å²) in [7, 11) is 0. The molecule has 118 valence electrons. The highest BCUT2D eigenvalue weighted by atomic mass is 16.2. The van der Waals surface area contributed by atoms with Gasteiger partial charge in [0.15, 0.2) is 5.82 Å². The molecule has 0 radical (unpaired) electrons. The molecule has 0 aromatic carbocycles. The maximum atomic E-state index is 12.2. The van der Waals surface area contributed by atoms with E-state index in [9.17, 15) is 14.9 Å². The standard InChI is InChI=1S/C14H15N7O2/c15-8-14(5-1-2-6-14)18-12(22)7-20-13(23)4-3-11(19-20)21-10-16-9-17-21/h3-4,9-10H,1-2,5-7H2,(H,18,22). The summed E-state index contributed by atoms with van der Waals surface area (Å²) >= 11 is 0. The summed E-state index contributed by atoms with van der Waals surface area (Å²) in [6.45, 7) is -0.245. The molecule has 1 amide bonds. The van der Waals surface area contributed by atoms with Crippen LogP contribution in [0.15, 0.2) is 29.6 Å². The molecule has 1 saturated carbocycles. The third-order valence-corrected chi connectivity index (χ3v) is 3.85. The highest BCUT2D eigenvalue weighted by Crippen LogP contribution is 2.28. The molecule has 23 heavy (non-hydrogen) atoms. The average Bonchev–Trinajstić information content (AvgIpc) is 3.21. The Morgan fingerprint density at radius 2 is 2.17 bits per heavy atom. The van der Waals surface area contributed by atoms with Crippen LogP contribution in [0.5, 0.6) is 0 Å². The number of carbonyl (C=O) groups excluding carboxylic acids is 1. The second-order valence-corrected chi connectivity index (χ2v) is 5.48. The van der Waals surface area contributed by atoms with Gasteiger partial charge in [0.05, 0.1) is 6.07 Å². The summed E-state index contributed by atoms with van der Waals surface area (Å²) in [6, 6.07) is 4.99. The molecular weight excluding hydrogens is 298 g/mol. The third-order valence-electron chi connectivity index (χ3n) is 3.85. The molecular formula is C14H15N7O2. The SMILES string of the molecule is N#CC1(NC(=O)Cn2nc(-n3cncn3)ccc2=O)CCCC1. The Bertz CT molecular complexity index is 797. The molecule has 2 aromatic heterocycles. The zero-order valence-electron chi connectivity index (χ0n) is 12.3. The minimum absolute atomic E-state index is 0.245. The Morgan fingerprint density at radius 3 is 2.83 bits per heavy atom. The molecule has 9 heteroatoms. The Hall–Kier alpha value is -3.02. The summed E-state index contributed by atoms with van der Waals surface area (Å²) in [5.41, 5.74) is -1.22. The van der Waals surface area contributed by atoms with Crippen LogP contribution in [0.25, 0.3) is 5.82 Å².